The summed E-state index contributed by atoms with van der Waals surface area (Å²) in [6.45, 7) is 0.509. The first-order valence-electron chi connectivity index (χ1n) is 11.6. The summed E-state index contributed by atoms with van der Waals surface area (Å²) in [5.41, 5.74) is 4.81. The molecule has 2 heterocycles. The third kappa shape index (κ3) is 3.77. The van der Waals surface area contributed by atoms with Gasteiger partial charge in [-0.1, -0.05) is 72.8 Å². The van der Waals surface area contributed by atoms with Crippen molar-refractivity contribution in [3.63, 3.8) is 0 Å². The summed E-state index contributed by atoms with van der Waals surface area (Å²) in [4.78, 5) is 17.8. The van der Waals surface area contributed by atoms with Gasteiger partial charge in [-0.05, 0) is 36.1 Å². The van der Waals surface area contributed by atoms with E-state index in [1.807, 2.05) is 89.6 Å². The fourth-order valence-corrected chi connectivity index (χ4v) is 4.66. The lowest BCUT2D eigenvalue weighted by molar-refractivity contribution is -0.116. The number of hydrogen-bond acceptors (Lipinski definition) is 5. The molecule has 0 radical (unpaired) electrons. The van der Waals surface area contributed by atoms with Crippen LogP contribution in [0.15, 0.2) is 96.2 Å². The highest BCUT2D eigenvalue weighted by Crippen LogP contribution is 2.41. The van der Waals surface area contributed by atoms with Gasteiger partial charge in [0.2, 0.25) is 5.95 Å². The van der Waals surface area contributed by atoms with E-state index in [1.165, 1.54) is 0 Å². The standard InChI is InChI=1S/C28H24N4O2/c33-24-13-7-12-23-25(24)26(32-28(29-23)30-27(31-32)21-10-5-2-6-11-21)20-14-16-22(17-15-20)34-18-19-8-3-1-4-9-19/h1-6,8-11,14-17,26H,7,12-13,18H2,(H,29,30,31). The molecule has 0 spiro atoms. The zero-order chi connectivity index (χ0) is 22.9. The lowest BCUT2D eigenvalue weighted by Crippen LogP contribution is -2.31. The third-order valence-electron chi connectivity index (χ3n) is 6.34. The largest absolute Gasteiger partial charge is 0.489 e. The monoisotopic (exact) mass is 448 g/mol. The summed E-state index contributed by atoms with van der Waals surface area (Å²) in [6, 6.07) is 27.7. The Bertz CT molecular complexity index is 1360. The summed E-state index contributed by atoms with van der Waals surface area (Å²) < 4.78 is 7.82. The molecule has 4 aromatic rings. The van der Waals surface area contributed by atoms with Crippen LogP contribution in [-0.2, 0) is 11.4 Å². The van der Waals surface area contributed by atoms with Gasteiger partial charge in [0, 0.05) is 23.3 Å². The quantitative estimate of drug-likeness (QED) is 0.434. The number of nitrogens with zero attached hydrogens (tertiary/aromatic N) is 3. The maximum atomic E-state index is 13.0. The Morgan fingerprint density at radius 1 is 0.912 bits per heavy atom. The van der Waals surface area contributed by atoms with Gasteiger partial charge in [-0.2, -0.15) is 4.98 Å². The molecule has 2 aliphatic rings. The average molecular weight is 449 g/mol. The Morgan fingerprint density at radius 2 is 1.65 bits per heavy atom. The maximum Gasteiger partial charge on any atom is 0.226 e. The molecular weight excluding hydrogens is 424 g/mol. The number of nitrogens with one attached hydrogen (secondary N) is 1. The number of benzene rings is 3. The number of aromatic nitrogens is 3. The van der Waals surface area contributed by atoms with Crippen molar-refractivity contribution in [3.05, 3.63) is 107 Å². The summed E-state index contributed by atoms with van der Waals surface area (Å²) in [6.07, 6.45) is 2.25. The lowest BCUT2D eigenvalue weighted by atomic mass is 9.85. The van der Waals surface area contributed by atoms with E-state index in [0.29, 0.717) is 24.8 Å². The minimum atomic E-state index is -0.313. The molecule has 6 heteroatoms. The molecule has 0 amide bonds. The van der Waals surface area contributed by atoms with E-state index >= 15 is 0 Å². The van der Waals surface area contributed by atoms with Crippen molar-refractivity contribution < 1.29 is 9.53 Å². The van der Waals surface area contributed by atoms with Crippen LogP contribution in [0, 0.1) is 0 Å². The topological polar surface area (TPSA) is 69.0 Å². The van der Waals surface area contributed by atoms with Crippen LogP contribution >= 0.6 is 0 Å². The Balaban J connectivity index is 1.35. The Kier molecular flexibility index (Phi) is 5.18. The van der Waals surface area contributed by atoms with Crippen molar-refractivity contribution in [1.29, 1.82) is 0 Å². The van der Waals surface area contributed by atoms with Crippen molar-refractivity contribution in [2.75, 3.05) is 5.32 Å². The smallest absolute Gasteiger partial charge is 0.226 e. The average Bonchev–Trinajstić information content (AvgIpc) is 3.32. The van der Waals surface area contributed by atoms with E-state index in [4.69, 9.17) is 14.8 Å². The second-order valence-electron chi connectivity index (χ2n) is 8.61. The molecule has 0 saturated carbocycles. The highest BCUT2D eigenvalue weighted by molar-refractivity contribution is 5.99. The Hall–Kier alpha value is -4.19. The normalized spacial score (nSPS) is 17.1. The minimum Gasteiger partial charge on any atom is -0.489 e. The molecule has 3 aromatic carbocycles. The first kappa shape index (κ1) is 20.4. The second-order valence-corrected chi connectivity index (χ2v) is 8.61. The Morgan fingerprint density at radius 3 is 2.41 bits per heavy atom. The number of allylic oxidation sites excluding steroid dienone is 2. The number of carbonyl (C=O) groups excluding carboxylic acids is 1. The second kappa shape index (κ2) is 8.63. The van der Waals surface area contributed by atoms with Crippen LogP contribution in [0.3, 0.4) is 0 Å². The number of hydrogen-bond donors (Lipinski definition) is 1. The van der Waals surface area contributed by atoms with E-state index in [1.54, 1.807) is 0 Å². The molecule has 6 nitrogen and oxygen atoms in total. The third-order valence-corrected chi connectivity index (χ3v) is 6.34. The highest BCUT2D eigenvalue weighted by Gasteiger charge is 2.36. The number of Topliss-reactive ketones (excluding diaryl/α,β-unsaturated/α-hetero) is 1. The summed E-state index contributed by atoms with van der Waals surface area (Å²) in [5.74, 6) is 2.27. The van der Waals surface area contributed by atoms with Crippen molar-refractivity contribution >= 4 is 11.7 Å². The van der Waals surface area contributed by atoms with Gasteiger partial charge in [-0.3, -0.25) is 4.79 Å². The van der Waals surface area contributed by atoms with E-state index in [-0.39, 0.29) is 11.8 Å². The fraction of sp³-hybridized carbons (Fsp3) is 0.179. The molecule has 1 aromatic heterocycles. The number of fused-ring (bicyclic) bond motifs is 1. The number of ether oxygens (including phenoxy) is 1. The van der Waals surface area contributed by atoms with Gasteiger partial charge in [-0.15, -0.1) is 5.10 Å². The zero-order valence-electron chi connectivity index (χ0n) is 18.6. The van der Waals surface area contributed by atoms with Crippen molar-refractivity contribution in [2.45, 2.75) is 31.9 Å². The Labute approximate surface area is 197 Å². The van der Waals surface area contributed by atoms with Gasteiger partial charge in [0.15, 0.2) is 11.6 Å². The van der Waals surface area contributed by atoms with Crippen LogP contribution in [0.2, 0.25) is 0 Å². The number of carbonyl (C=O) groups is 1. The van der Waals surface area contributed by atoms with Gasteiger partial charge in [0.1, 0.15) is 18.4 Å². The number of ketones is 1. The molecule has 0 saturated heterocycles. The highest BCUT2D eigenvalue weighted by atomic mass is 16.5. The van der Waals surface area contributed by atoms with Crippen LogP contribution in [0.4, 0.5) is 5.95 Å². The lowest BCUT2D eigenvalue weighted by Gasteiger charge is -2.32. The molecule has 0 bridgehead atoms. The number of anilines is 1. The van der Waals surface area contributed by atoms with Crippen LogP contribution in [0.1, 0.15) is 36.4 Å². The van der Waals surface area contributed by atoms with Gasteiger partial charge >= 0.3 is 0 Å². The molecule has 6 rings (SSSR count). The van der Waals surface area contributed by atoms with Crippen LogP contribution in [-0.4, -0.2) is 20.5 Å². The predicted molar refractivity (Wildman–Crippen MR) is 130 cm³/mol. The van der Waals surface area contributed by atoms with Crippen LogP contribution in [0.25, 0.3) is 11.4 Å². The van der Waals surface area contributed by atoms with Gasteiger partial charge in [0.25, 0.3) is 0 Å². The molecule has 1 aliphatic heterocycles. The fourth-order valence-electron chi connectivity index (χ4n) is 4.66. The molecule has 0 fully saturated rings. The van der Waals surface area contributed by atoms with Gasteiger partial charge < -0.3 is 10.1 Å². The van der Waals surface area contributed by atoms with E-state index in [2.05, 4.69) is 5.32 Å². The van der Waals surface area contributed by atoms with E-state index in [9.17, 15) is 4.79 Å². The molecule has 34 heavy (non-hydrogen) atoms. The summed E-state index contributed by atoms with van der Waals surface area (Å²) in [5, 5.41) is 8.22. The molecular formula is C28H24N4O2. The summed E-state index contributed by atoms with van der Waals surface area (Å²) in [7, 11) is 0. The maximum absolute atomic E-state index is 13.0. The van der Waals surface area contributed by atoms with Crippen LogP contribution < -0.4 is 10.1 Å². The molecule has 1 N–H and O–H groups in total. The van der Waals surface area contributed by atoms with Crippen LogP contribution in [0.5, 0.6) is 5.75 Å². The minimum absolute atomic E-state index is 0.172. The molecule has 1 aliphatic carbocycles. The molecule has 1 atom stereocenters. The van der Waals surface area contributed by atoms with Gasteiger partial charge in [0.05, 0.1) is 0 Å². The van der Waals surface area contributed by atoms with Crippen molar-refractivity contribution in [1.82, 2.24) is 14.8 Å². The van der Waals surface area contributed by atoms with Crippen molar-refractivity contribution in [2.24, 2.45) is 0 Å². The molecule has 168 valence electrons. The molecule has 1 unspecified atom stereocenters. The zero-order valence-corrected chi connectivity index (χ0v) is 18.6. The van der Waals surface area contributed by atoms with E-state index in [0.717, 1.165) is 46.6 Å². The van der Waals surface area contributed by atoms with Gasteiger partial charge in [-0.25, -0.2) is 4.68 Å². The first-order valence-corrected chi connectivity index (χ1v) is 11.6. The number of rotatable bonds is 5. The van der Waals surface area contributed by atoms with E-state index < -0.39 is 0 Å². The predicted octanol–water partition coefficient (Wildman–Crippen LogP) is 5.55. The first-order chi connectivity index (χ1) is 16.8. The SMILES string of the molecule is O=C1CCCC2=C1C(c1ccc(OCc3ccccc3)cc1)n1nc(-c3ccccc3)nc1N2. The summed E-state index contributed by atoms with van der Waals surface area (Å²) >= 11 is 0. The van der Waals surface area contributed by atoms with Crippen molar-refractivity contribution in [3.8, 4) is 17.1 Å².